The Balaban J connectivity index is 2.07. The van der Waals surface area contributed by atoms with E-state index in [4.69, 9.17) is 9.84 Å². The van der Waals surface area contributed by atoms with Gasteiger partial charge in [0.05, 0.1) is 17.6 Å². The molecule has 1 heterocycles. The molecule has 0 saturated heterocycles. The first kappa shape index (κ1) is 7.13. The van der Waals surface area contributed by atoms with Gasteiger partial charge in [-0.05, 0) is 24.3 Å². The van der Waals surface area contributed by atoms with Crippen molar-refractivity contribution >= 4 is 11.3 Å². The van der Waals surface area contributed by atoms with Crippen LogP contribution in [0.1, 0.15) is 17.7 Å². The van der Waals surface area contributed by atoms with Gasteiger partial charge in [-0.3, -0.25) is 0 Å². The Labute approximate surface area is 69.4 Å². The molecule has 1 fully saturated rings. The molecule has 1 N–H and O–H groups in total. The third-order valence-electron chi connectivity index (χ3n) is 1.67. The summed E-state index contributed by atoms with van der Waals surface area (Å²) in [4.78, 5) is 0.942. The fourth-order valence-electron chi connectivity index (χ4n) is 0.915. The molecule has 0 unspecified atom stereocenters. The largest absolute Gasteiger partial charge is 0.489 e. The van der Waals surface area contributed by atoms with Gasteiger partial charge in [0.1, 0.15) is 5.75 Å². The van der Waals surface area contributed by atoms with Crippen molar-refractivity contribution in [3.8, 4) is 5.75 Å². The van der Waals surface area contributed by atoms with E-state index in [1.807, 2.05) is 11.4 Å². The summed E-state index contributed by atoms with van der Waals surface area (Å²) in [6, 6.07) is 1.93. The summed E-state index contributed by atoms with van der Waals surface area (Å²) in [6.45, 7) is 0.0969. The molecule has 60 valence electrons. The first-order valence-electron chi connectivity index (χ1n) is 3.74. The van der Waals surface area contributed by atoms with Crippen molar-refractivity contribution in [2.24, 2.45) is 0 Å². The molecule has 1 saturated carbocycles. The highest BCUT2D eigenvalue weighted by Crippen LogP contribution is 2.31. The van der Waals surface area contributed by atoms with E-state index in [0.717, 1.165) is 10.6 Å². The fourth-order valence-corrected chi connectivity index (χ4v) is 1.58. The van der Waals surface area contributed by atoms with E-state index in [0.29, 0.717) is 6.10 Å². The molecule has 0 spiro atoms. The smallest absolute Gasteiger partial charge is 0.135 e. The lowest BCUT2D eigenvalue weighted by Crippen LogP contribution is -1.96. The van der Waals surface area contributed by atoms with Crippen molar-refractivity contribution in [1.29, 1.82) is 0 Å². The van der Waals surface area contributed by atoms with E-state index in [-0.39, 0.29) is 6.61 Å². The molecule has 1 aliphatic carbocycles. The van der Waals surface area contributed by atoms with Crippen LogP contribution in [-0.2, 0) is 6.61 Å². The van der Waals surface area contributed by atoms with Crippen molar-refractivity contribution < 1.29 is 9.84 Å². The molecule has 0 radical (unpaired) electrons. The van der Waals surface area contributed by atoms with Crippen LogP contribution in [0.4, 0.5) is 0 Å². The summed E-state index contributed by atoms with van der Waals surface area (Å²) in [5.41, 5.74) is 0. The zero-order valence-electron chi connectivity index (χ0n) is 6.12. The van der Waals surface area contributed by atoms with Crippen molar-refractivity contribution in [2.75, 3.05) is 0 Å². The van der Waals surface area contributed by atoms with E-state index in [1.54, 1.807) is 11.3 Å². The zero-order valence-corrected chi connectivity index (χ0v) is 6.93. The highest BCUT2D eigenvalue weighted by Gasteiger charge is 2.24. The van der Waals surface area contributed by atoms with Gasteiger partial charge in [0.2, 0.25) is 0 Å². The van der Waals surface area contributed by atoms with Gasteiger partial charge in [0.15, 0.2) is 0 Å². The number of aliphatic hydroxyl groups excluding tert-OH is 1. The van der Waals surface area contributed by atoms with E-state index in [2.05, 4.69) is 0 Å². The van der Waals surface area contributed by atoms with Crippen LogP contribution < -0.4 is 4.74 Å². The summed E-state index contributed by atoms with van der Waals surface area (Å²) in [7, 11) is 0. The maximum absolute atomic E-state index is 8.87. The Morgan fingerprint density at radius 3 is 3.09 bits per heavy atom. The standard InChI is InChI=1S/C8H10O2S/c9-5-8-7(3-4-11-8)10-6-1-2-6/h3-4,6,9H,1-2,5H2. The van der Waals surface area contributed by atoms with Gasteiger partial charge in [-0.25, -0.2) is 0 Å². The van der Waals surface area contributed by atoms with Crippen LogP contribution in [0.25, 0.3) is 0 Å². The first-order chi connectivity index (χ1) is 5.40. The molecule has 1 aromatic rings. The molecule has 2 nitrogen and oxygen atoms in total. The van der Waals surface area contributed by atoms with Gasteiger partial charge in [0.25, 0.3) is 0 Å². The maximum Gasteiger partial charge on any atom is 0.135 e. The Kier molecular flexibility index (Phi) is 1.84. The maximum atomic E-state index is 8.87. The summed E-state index contributed by atoms with van der Waals surface area (Å²) in [5.74, 6) is 0.875. The van der Waals surface area contributed by atoms with Crippen LogP contribution in [0.5, 0.6) is 5.75 Å². The van der Waals surface area contributed by atoms with Gasteiger partial charge in [-0.1, -0.05) is 0 Å². The number of thiophene rings is 1. The number of hydrogen-bond acceptors (Lipinski definition) is 3. The molecule has 0 aliphatic heterocycles. The van der Waals surface area contributed by atoms with Crippen molar-refractivity contribution in [1.82, 2.24) is 0 Å². The minimum atomic E-state index is 0.0969. The van der Waals surface area contributed by atoms with E-state index < -0.39 is 0 Å². The van der Waals surface area contributed by atoms with Crippen molar-refractivity contribution in [3.05, 3.63) is 16.3 Å². The van der Waals surface area contributed by atoms with Gasteiger partial charge in [-0.2, -0.15) is 0 Å². The summed E-state index contributed by atoms with van der Waals surface area (Å²) in [5, 5.41) is 10.8. The molecular weight excluding hydrogens is 160 g/mol. The molecule has 11 heavy (non-hydrogen) atoms. The molecule has 0 bridgehead atoms. The highest BCUT2D eigenvalue weighted by atomic mass is 32.1. The van der Waals surface area contributed by atoms with Crippen molar-refractivity contribution in [3.63, 3.8) is 0 Å². The molecule has 3 heteroatoms. The topological polar surface area (TPSA) is 29.5 Å². The number of rotatable bonds is 3. The predicted octanol–water partition coefficient (Wildman–Crippen LogP) is 1.78. The lowest BCUT2D eigenvalue weighted by molar-refractivity contribution is 0.263. The van der Waals surface area contributed by atoms with Crippen LogP contribution in [0.2, 0.25) is 0 Å². The average Bonchev–Trinajstić information content (AvgIpc) is 2.68. The van der Waals surface area contributed by atoms with E-state index >= 15 is 0 Å². The zero-order chi connectivity index (χ0) is 7.68. The van der Waals surface area contributed by atoms with Crippen LogP contribution in [0.3, 0.4) is 0 Å². The molecular formula is C8H10O2S. The molecule has 1 aliphatic rings. The normalized spacial score (nSPS) is 16.8. The molecule has 0 atom stereocenters. The summed E-state index contributed by atoms with van der Waals surface area (Å²) >= 11 is 1.54. The Morgan fingerprint density at radius 2 is 2.45 bits per heavy atom. The third-order valence-corrected chi connectivity index (χ3v) is 2.55. The molecule has 0 aromatic carbocycles. The molecule has 0 amide bonds. The fraction of sp³-hybridized carbons (Fsp3) is 0.500. The second-order valence-corrected chi connectivity index (χ2v) is 3.68. The van der Waals surface area contributed by atoms with Crippen LogP contribution in [0, 0.1) is 0 Å². The average molecular weight is 170 g/mol. The van der Waals surface area contributed by atoms with Crippen LogP contribution >= 0.6 is 11.3 Å². The Morgan fingerprint density at radius 1 is 1.64 bits per heavy atom. The second-order valence-electron chi connectivity index (χ2n) is 2.68. The van der Waals surface area contributed by atoms with Gasteiger partial charge in [0, 0.05) is 0 Å². The molecule has 2 rings (SSSR count). The van der Waals surface area contributed by atoms with Crippen LogP contribution in [0.15, 0.2) is 11.4 Å². The van der Waals surface area contributed by atoms with Crippen molar-refractivity contribution in [2.45, 2.75) is 25.6 Å². The molecule has 1 aromatic heterocycles. The minimum absolute atomic E-state index is 0.0969. The SMILES string of the molecule is OCc1sccc1OC1CC1. The lowest BCUT2D eigenvalue weighted by Gasteiger charge is -2.02. The summed E-state index contributed by atoms with van der Waals surface area (Å²) < 4.78 is 5.54. The van der Waals surface area contributed by atoms with E-state index in [1.165, 1.54) is 12.8 Å². The number of aliphatic hydroxyl groups is 1. The summed E-state index contributed by atoms with van der Waals surface area (Å²) in [6.07, 6.45) is 2.76. The Bertz CT molecular complexity index is 240. The van der Waals surface area contributed by atoms with Gasteiger partial charge >= 0.3 is 0 Å². The lowest BCUT2D eigenvalue weighted by atomic mass is 10.4. The van der Waals surface area contributed by atoms with Crippen LogP contribution in [-0.4, -0.2) is 11.2 Å². The minimum Gasteiger partial charge on any atom is -0.489 e. The van der Waals surface area contributed by atoms with E-state index in [9.17, 15) is 0 Å². The quantitative estimate of drug-likeness (QED) is 0.749. The third kappa shape index (κ3) is 1.54. The van der Waals surface area contributed by atoms with Gasteiger partial charge < -0.3 is 9.84 Å². The number of hydrogen-bond donors (Lipinski definition) is 1. The monoisotopic (exact) mass is 170 g/mol. The predicted molar refractivity (Wildman–Crippen MR) is 43.9 cm³/mol. The Hall–Kier alpha value is -0.540. The first-order valence-corrected chi connectivity index (χ1v) is 4.62. The van der Waals surface area contributed by atoms with Gasteiger partial charge in [-0.15, -0.1) is 11.3 Å². The number of ether oxygens (including phenoxy) is 1. The second kappa shape index (κ2) is 2.83. The highest BCUT2D eigenvalue weighted by molar-refractivity contribution is 7.10.